The summed E-state index contributed by atoms with van der Waals surface area (Å²) >= 11 is 4.27. The minimum absolute atomic E-state index is 1.06. The Kier molecular flexibility index (Phi) is 31.1. The van der Waals surface area contributed by atoms with Gasteiger partial charge >= 0.3 is 0 Å². The van der Waals surface area contributed by atoms with E-state index in [1.54, 1.807) is 0 Å². The minimum atomic E-state index is 1.06. The van der Waals surface area contributed by atoms with Crippen molar-refractivity contribution >= 4 is 12.6 Å². The highest BCUT2D eigenvalue weighted by atomic mass is 32.1. The maximum absolute atomic E-state index is 4.27. The van der Waals surface area contributed by atoms with Gasteiger partial charge in [0.2, 0.25) is 0 Å². The molecule has 0 unspecified atom stereocenters. The van der Waals surface area contributed by atoms with Crippen molar-refractivity contribution in [2.24, 2.45) is 0 Å². The van der Waals surface area contributed by atoms with Gasteiger partial charge in [0.1, 0.15) is 0 Å². The van der Waals surface area contributed by atoms with Gasteiger partial charge in [-0.2, -0.15) is 12.6 Å². The van der Waals surface area contributed by atoms with Crippen LogP contribution in [0.5, 0.6) is 0 Å². The Bertz CT molecular complexity index is 342. The van der Waals surface area contributed by atoms with Crippen LogP contribution in [0.15, 0.2) is 12.2 Å². The first-order chi connectivity index (χ1) is 15.9. The van der Waals surface area contributed by atoms with Gasteiger partial charge in [-0.1, -0.05) is 128 Å². The van der Waals surface area contributed by atoms with Crippen molar-refractivity contribution in [3.05, 3.63) is 12.2 Å². The standard InChI is InChI=1S/C30H61NS/c1-2-3-4-5-6-7-8-9-10-11-12-13-16-19-22-25-28-31-29-26-23-20-17-14-15-18-21-24-27-30-32/h9-10,31-32H,2-8,11-30H2,1H3. The number of rotatable bonds is 28. The molecule has 0 atom stereocenters. The monoisotopic (exact) mass is 467 g/mol. The molecule has 0 aliphatic heterocycles. The first kappa shape index (κ1) is 32.0. The highest BCUT2D eigenvalue weighted by Crippen LogP contribution is 2.11. The van der Waals surface area contributed by atoms with Gasteiger partial charge < -0.3 is 5.32 Å². The van der Waals surface area contributed by atoms with E-state index in [2.05, 4.69) is 37.0 Å². The Morgan fingerprint density at radius 2 is 0.781 bits per heavy atom. The normalized spacial score (nSPS) is 11.7. The molecule has 0 saturated carbocycles. The lowest BCUT2D eigenvalue weighted by Gasteiger charge is -2.05. The van der Waals surface area contributed by atoms with E-state index < -0.39 is 0 Å². The van der Waals surface area contributed by atoms with E-state index >= 15 is 0 Å². The van der Waals surface area contributed by atoms with Crippen LogP contribution in [-0.4, -0.2) is 18.8 Å². The van der Waals surface area contributed by atoms with E-state index in [9.17, 15) is 0 Å². The molecular formula is C30H61NS. The summed E-state index contributed by atoms with van der Waals surface area (Å²) < 4.78 is 0. The average molecular weight is 468 g/mol. The molecule has 0 amide bonds. The van der Waals surface area contributed by atoms with Gasteiger partial charge in [-0.25, -0.2) is 0 Å². The summed E-state index contributed by atoms with van der Waals surface area (Å²) in [5.74, 6) is 1.06. The summed E-state index contributed by atoms with van der Waals surface area (Å²) in [6, 6.07) is 0. The highest BCUT2D eigenvalue weighted by molar-refractivity contribution is 7.80. The Morgan fingerprint density at radius 1 is 0.438 bits per heavy atom. The molecule has 2 heteroatoms. The molecule has 0 fully saturated rings. The first-order valence-electron chi connectivity index (χ1n) is 14.9. The average Bonchev–Trinajstić information content (AvgIpc) is 2.81. The number of hydrogen-bond donors (Lipinski definition) is 2. The molecule has 0 rings (SSSR count). The Labute approximate surface area is 209 Å². The molecular weight excluding hydrogens is 406 g/mol. The molecule has 0 radical (unpaired) electrons. The van der Waals surface area contributed by atoms with E-state index in [0.29, 0.717) is 0 Å². The van der Waals surface area contributed by atoms with E-state index in [1.165, 1.54) is 167 Å². The second-order valence-electron chi connectivity index (χ2n) is 9.95. The molecule has 0 aliphatic carbocycles. The van der Waals surface area contributed by atoms with Gasteiger partial charge in [-0.3, -0.25) is 0 Å². The van der Waals surface area contributed by atoms with E-state index in [4.69, 9.17) is 0 Å². The number of hydrogen-bond acceptors (Lipinski definition) is 2. The van der Waals surface area contributed by atoms with Crippen LogP contribution in [0.1, 0.15) is 161 Å². The molecule has 0 saturated heterocycles. The van der Waals surface area contributed by atoms with Gasteiger partial charge in [0.05, 0.1) is 0 Å². The molecule has 0 aromatic rings. The van der Waals surface area contributed by atoms with Crippen LogP contribution in [0.25, 0.3) is 0 Å². The third-order valence-corrected chi connectivity index (χ3v) is 6.94. The molecule has 0 aromatic carbocycles. The molecule has 32 heavy (non-hydrogen) atoms. The van der Waals surface area contributed by atoms with Crippen LogP contribution < -0.4 is 5.32 Å². The van der Waals surface area contributed by atoms with Crippen LogP contribution in [0, 0.1) is 0 Å². The maximum Gasteiger partial charge on any atom is -0.00489 e. The Balaban J connectivity index is 3.04. The van der Waals surface area contributed by atoms with E-state index in [-0.39, 0.29) is 0 Å². The van der Waals surface area contributed by atoms with Crippen molar-refractivity contribution in [3.8, 4) is 0 Å². The third-order valence-electron chi connectivity index (χ3n) is 6.63. The number of nitrogens with one attached hydrogen (secondary N) is 1. The third kappa shape index (κ3) is 30.0. The second kappa shape index (κ2) is 31.0. The zero-order valence-corrected chi connectivity index (χ0v) is 23.1. The minimum Gasteiger partial charge on any atom is -0.317 e. The quantitative estimate of drug-likeness (QED) is 0.0662. The summed E-state index contributed by atoms with van der Waals surface area (Å²) in [5, 5.41) is 3.65. The fourth-order valence-corrected chi connectivity index (χ4v) is 4.62. The van der Waals surface area contributed by atoms with E-state index in [1.807, 2.05) is 0 Å². The molecule has 1 N–H and O–H groups in total. The Hall–Kier alpha value is 0.0500. The zero-order chi connectivity index (χ0) is 23.2. The molecule has 0 heterocycles. The Morgan fingerprint density at radius 3 is 1.19 bits per heavy atom. The summed E-state index contributed by atoms with van der Waals surface area (Å²) in [6.07, 6.45) is 38.5. The van der Waals surface area contributed by atoms with Crippen molar-refractivity contribution < 1.29 is 0 Å². The van der Waals surface area contributed by atoms with Crippen LogP contribution in [0.2, 0.25) is 0 Å². The first-order valence-corrected chi connectivity index (χ1v) is 15.5. The number of allylic oxidation sites excluding steroid dienone is 2. The molecule has 0 aliphatic rings. The molecule has 0 aromatic heterocycles. The number of thiol groups is 1. The van der Waals surface area contributed by atoms with Gasteiger partial charge in [0, 0.05) is 0 Å². The lowest BCUT2D eigenvalue weighted by Crippen LogP contribution is -2.16. The van der Waals surface area contributed by atoms with Crippen LogP contribution >= 0.6 is 12.6 Å². The van der Waals surface area contributed by atoms with Gasteiger partial charge in [-0.15, -0.1) is 0 Å². The van der Waals surface area contributed by atoms with Crippen molar-refractivity contribution in [3.63, 3.8) is 0 Å². The van der Waals surface area contributed by atoms with Crippen molar-refractivity contribution in [2.75, 3.05) is 18.8 Å². The fraction of sp³-hybridized carbons (Fsp3) is 0.933. The van der Waals surface area contributed by atoms with Crippen molar-refractivity contribution in [1.82, 2.24) is 5.32 Å². The van der Waals surface area contributed by atoms with Crippen LogP contribution in [0.3, 0.4) is 0 Å². The van der Waals surface area contributed by atoms with Gasteiger partial charge in [0.25, 0.3) is 0 Å². The van der Waals surface area contributed by atoms with Crippen molar-refractivity contribution in [2.45, 2.75) is 161 Å². The summed E-state index contributed by atoms with van der Waals surface area (Å²) in [4.78, 5) is 0. The second-order valence-corrected chi connectivity index (χ2v) is 10.4. The summed E-state index contributed by atoms with van der Waals surface area (Å²) in [7, 11) is 0. The summed E-state index contributed by atoms with van der Waals surface area (Å²) in [5.41, 5.74) is 0. The summed E-state index contributed by atoms with van der Waals surface area (Å²) in [6.45, 7) is 4.75. The fourth-order valence-electron chi connectivity index (χ4n) is 4.40. The maximum atomic E-state index is 4.27. The predicted molar refractivity (Wildman–Crippen MR) is 152 cm³/mol. The highest BCUT2D eigenvalue weighted by Gasteiger charge is 1.95. The van der Waals surface area contributed by atoms with E-state index in [0.717, 1.165) is 5.75 Å². The van der Waals surface area contributed by atoms with Crippen LogP contribution in [0.4, 0.5) is 0 Å². The zero-order valence-electron chi connectivity index (χ0n) is 22.2. The van der Waals surface area contributed by atoms with Crippen molar-refractivity contribution in [1.29, 1.82) is 0 Å². The smallest absolute Gasteiger partial charge is 0.00489 e. The molecule has 192 valence electrons. The van der Waals surface area contributed by atoms with Gasteiger partial charge in [0.15, 0.2) is 0 Å². The number of unbranched alkanes of at least 4 members (excludes halogenated alkanes) is 21. The van der Waals surface area contributed by atoms with Gasteiger partial charge in [-0.05, 0) is 63.8 Å². The largest absolute Gasteiger partial charge is 0.317 e. The molecule has 1 nitrogen and oxygen atoms in total. The lowest BCUT2D eigenvalue weighted by molar-refractivity contribution is 0.531. The predicted octanol–water partition coefficient (Wildman–Crippen LogP) is 10.4. The topological polar surface area (TPSA) is 12.0 Å². The SMILES string of the molecule is CCCCCCCCC=CCCCCCCCCNCCCCCCCCCCCCS. The van der Waals surface area contributed by atoms with Crippen LogP contribution in [-0.2, 0) is 0 Å². The molecule has 0 spiro atoms. The molecule has 0 bridgehead atoms. The lowest BCUT2D eigenvalue weighted by atomic mass is 10.1.